The van der Waals surface area contributed by atoms with Crippen LogP contribution < -0.4 is 0 Å². The first-order valence-electron chi connectivity index (χ1n) is 7.68. The fraction of sp³-hybridized carbons (Fsp3) is 0.588. The average Bonchev–Trinajstić information content (AvgIpc) is 2.43. The van der Waals surface area contributed by atoms with Gasteiger partial charge in [0.25, 0.3) is 0 Å². The molecule has 1 fully saturated rings. The van der Waals surface area contributed by atoms with Crippen molar-refractivity contribution in [3.8, 4) is 0 Å². The first-order chi connectivity index (χ1) is 10.0. The molecule has 0 bridgehead atoms. The lowest BCUT2D eigenvalue weighted by Crippen LogP contribution is -2.32. The van der Waals surface area contributed by atoms with Crippen molar-refractivity contribution in [3.63, 3.8) is 0 Å². The number of hydrogen-bond donors (Lipinski definition) is 1. The maximum Gasteiger partial charge on any atom is 0.306 e. The first-order valence-corrected chi connectivity index (χ1v) is 8.47. The van der Waals surface area contributed by atoms with Crippen LogP contribution in [0.15, 0.2) is 22.7 Å². The number of benzene rings is 1. The van der Waals surface area contributed by atoms with Crippen LogP contribution >= 0.6 is 15.9 Å². The van der Waals surface area contributed by atoms with E-state index in [2.05, 4.69) is 22.9 Å². The number of carboxylic acid groups (broad SMARTS) is 1. The van der Waals surface area contributed by atoms with E-state index < -0.39 is 5.97 Å². The van der Waals surface area contributed by atoms with Gasteiger partial charge in [-0.1, -0.05) is 35.7 Å². The summed E-state index contributed by atoms with van der Waals surface area (Å²) in [5.74, 6) is -0.677. The van der Waals surface area contributed by atoms with Crippen molar-refractivity contribution < 1.29 is 14.3 Å². The molecule has 1 saturated carbocycles. The van der Waals surface area contributed by atoms with Gasteiger partial charge in [-0.25, -0.2) is 4.39 Å². The minimum absolute atomic E-state index is 0.0385. The molecule has 0 heterocycles. The second-order valence-corrected chi connectivity index (χ2v) is 7.03. The number of carboxylic acids is 1. The maximum atomic E-state index is 13.9. The Morgan fingerprint density at radius 2 is 2.19 bits per heavy atom. The molecule has 3 unspecified atom stereocenters. The van der Waals surface area contributed by atoms with Gasteiger partial charge in [-0.05, 0) is 61.3 Å². The van der Waals surface area contributed by atoms with Gasteiger partial charge in [0.1, 0.15) is 5.82 Å². The van der Waals surface area contributed by atoms with Gasteiger partial charge >= 0.3 is 5.97 Å². The van der Waals surface area contributed by atoms with Crippen LogP contribution in [0.1, 0.15) is 44.6 Å². The Kier molecular flexibility index (Phi) is 5.80. The molecule has 1 N–H and O–H groups in total. The number of hydrogen-bond acceptors (Lipinski definition) is 1. The lowest BCUT2D eigenvalue weighted by molar-refractivity contribution is -0.145. The van der Waals surface area contributed by atoms with Crippen molar-refractivity contribution >= 4 is 21.9 Å². The summed E-state index contributed by atoms with van der Waals surface area (Å²) in [4.78, 5) is 11.5. The zero-order valence-electron chi connectivity index (χ0n) is 12.3. The SMILES string of the molecule is CCCC1CCC(C(=O)O)C(Cc2cc(Br)ccc2F)C1. The van der Waals surface area contributed by atoms with Gasteiger partial charge < -0.3 is 5.11 Å². The second kappa shape index (κ2) is 7.39. The molecule has 0 aliphatic heterocycles. The third-order valence-electron chi connectivity index (χ3n) is 4.60. The van der Waals surface area contributed by atoms with Crippen LogP contribution in [0.3, 0.4) is 0 Å². The molecule has 0 spiro atoms. The van der Waals surface area contributed by atoms with Gasteiger partial charge in [-0.3, -0.25) is 4.79 Å². The van der Waals surface area contributed by atoms with E-state index in [4.69, 9.17) is 0 Å². The summed E-state index contributed by atoms with van der Waals surface area (Å²) >= 11 is 3.36. The number of halogens is 2. The zero-order valence-corrected chi connectivity index (χ0v) is 13.9. The lowest BCUT2D eigenvalue weighted by Gasteiger charge is -2.34. The van der Waals surface area contributed by atoms with Gasteiger partial charge in [0, 0.05) is 4.47 Å². The molecule has 116 valence electrons. The summed E-state index contributed by atoms with van der Waals surface area (Å²) in [7, 11) is 0. The number of carbonyl (C=O) groups is 1. The number of aliphatic carboxylic acids is 1. The van der Waals surface area contributed by atoms with Crippen LogP contribution in [0.2, 0.25) is 0 Å². The molecular formula is C17H22BrFO2. The highest BCUT2D eigenvalue weighted by molar-refractivity contribution is 9.10. The highest BCUT2D eigenvalue weighted by Crippen LogP contribution is 2.38. The minimum Gasteiger partial charge on any atom is -0.481 e. The van der Waals surface area contributed by atoms with Crippen molar-refractivity contribution in [3.05, 3.63) is 34.1 Å². The first kappa shape index (κ1) is 16.5. The average molecular weight is 357 g/mol. The van der Waals surface area contributed by atoms with Crippen LogP contribution in [0.5, 0.6) is 0 Å². The van der Waals surface area contributed by atoms with Crippen molar-refractivity contribution in [1.29, 1.82) is 0 Å². The van der Waals surface area contributed by atoms with E-state index in [1.54, 1.807) is 12.1 Å². The van der Waals surface area contributed by atoms with E-state index in [9.17, 15) is 14.3 Å². The standard InChI is InChI=1S/C17H22BrFO2/c1-2-3-11-4-6-15(17(20)21)12(8-11)9-13-10-14(18)5-7-16(13)19/h5,7,10-12,15H,2-4,6,8-9H2,1H3,(H,20,21). The molecule has 3 atom stereocenters. The largest absolute Gasteiger partial charge is 0.481 e. The highest BCUT2D eigenvalue weighted by Gasteiger charge is 2.35. The fourth-order valence-electron chi connectivity index (χ4n) is 3.56. The Balaban J connectivity index is 2.15. The summed E-state index contributed by atoms with van der Waals surface area (Å²) in [6.07, 6.45) is 5.39. The van der Waals surface area contributed by atoms with Crippen LogP contribution in [0, 0.1) is 23.6 Å². The molecule has 21 heavy (non-hydrogen) atoms. The molecule has 2 rings (SSSR count). The van der Waals surface area contributed by atoms with Crippen molar-refractivity contribution in [2.45, 2.75) is 45.4 Å². The Morgan fingerprint density at radius 1 is 1.43 bits per heavy atom. The van der Waals surface area contributed by atoms with Gasteiger partial charge in [0.2, 0.25) is 0 Å². The van der Waals surface area contributed by atoms with E-state index in [0.717, 1.165) is 36.6 Å². The summed E-state index contributed by atoms with van der Waals surface area (Å²) < 4.78 is 14.8. The van der Waals surface area contributed by atoms with E-state index in [1.165, 1.54) is 6.07 Å². The van der Waals surface area contributed by atoms with Crippen LogP contribution in [-0.4, -0.2) is 11.1 Å². The third kappa shape index (κ3) is 4.29. The minimum atomic E-state index is -0.731. The zero-order chi connectivity index (χ0) is 15.4. The molecule has 0 amide bonds. The van der Waals surface area contributed by atoms with Crippen LogP contribution in [-0.2, 0) is 11.2 Å². The molecule has 1 aliphatic carbocycles. The molecule has 1 aromatic rings. The molecule has 0 radical (unpaired) electrons. The van der Waals surface area contributed by atoms with E-state index >= 15 is 0 Å². The Labute approximate surface area is 133 Å². The lowest BCUT2D eigenvalue weighted by atomic mass is 9.70. The van der Waals surface area contributed by atoms with E-state index in [0.29, 0.717) is 17.9 Å². The molecule has 0 aromatic heterocycles. The molecule has 2 nitrogen and oxygen atoms in total. The predicted octanol–water partition coefficient (Wildman–Crippen LogP) is 5.05. The summed E-state index contributed by atoms with van der Waals surface area (Å²) in [6, 6.07) is 4.90. The van der Waals surface area contributed by atoms with E-state index in [1.807, 2.05) is 0 Å². The summed E-state index contributed by atoms with van der Waals surface area (Å²) in [5, 5.41) is 9.42. The smallest absolute Gasteiger partial charge is 0.306 e. The molecule has 1 aromatic carbocycles. The van der Waals surface area contributed by atoms with Crippen molar-refractivity contribution in [2.75, 3.05) is 0 Å². The van der Waals surface area contributed by atoms with Gasteiger partial charge in [-0.2, -0.15) is 0 Å². The van der Waals surface area contributed by atoms with Crippen LogP contribution in [0.4, 0.5) is 4.39 Å². The van der Waals surface area contributed by atoms with Gasteiger partial charge in [0.05, 0.1) is 5.92 Å². The predicted molar refractivity (Wildman–Crippen MR) is 84.7 cm³/mol. The Bertz CT molecular complexity index is 504. The third-order valence-corrected chi connectivity index (χ3v) is 5.09. The normalized spacial score (nSPS) is 25.8. The second-order valence-electron chi connectivity index (χ2n) is 6.11. The fourth-order valence-corrected chi connectivity index (χ4v) is 3.97. The molecule has 4 heteroatoms. The molecular weight excluding hydrogens is 335 g/mol. The topological polar surface area (TPSA) is 37.3 Å². The van der Waals surface area contributed by atoms with Crippen molar-refractivity contribution in [2.24, 2.45) is 17.8 Å². The highest BCUT2D eigenvalue weighted by atomic mass is 79.9. The Hall–Kier alpha value is -0.900. The summed E-state index contributed by atoms with van der Waals surface area (Å²) in [5.41, 5.74) is 0.623. The van der Waals surface area contributed by atoms with Gasteiger partial charge in [-0.15, -0.1) is 0 Å². The maximum absolute atomic E-state index is 13.9. The summed E-state index contributed by atoms with van der Waals surface area (Å²) in [6.45, 7) is 2.16. The van der Waals surface area contributed by atoms with Gasteiger partial charge in [0.15, 0.2) is 0 Å². The van der Waals surface area contributed by atoms with Crippen LogP contribution in [0.25, 0.3) is 0 Å². The molecule has 1 aliphatic rings. The van der Waals surface area contributed by atoms with E-state index in [-0.39, 0.29) is 17.7 Å². The monoisotopic (exact) mass is 356 g/mol. The molecule has 0 saturated heterocycles. The number of rotatable bonds is 5. The Morgan fingerprint density at radius 3 is 2.86 bits per heavy atom. The quantitative estimate of drug-likeness (QED) is 0.801. The van der Waals surface area contributed by atoms with Crippen molar-refractivity contribution in [1.82, 2.24) is 0 Å².